The quantitative estimate of drug-likeness (QED) is 0.936. The summed E-state index contributed by atoms with van der Waals surface area (Å²) in [7, 11) is 0. The maximum absolute atomic E-state index is 4.26. The zero-order chi connectivity index (χ0) is 14.5. The van der Waals surface area contributed by atoms with Crippen molar-refractivity contribution in [1.82, 2.24) is 15.2 Å². The number of pyridine rings is 1. The maximum atomic E-state index is 4.26. The Bertz CT molecular complexity index is 541. The van der Waals surface area contributed by atoms with Crippen LogP contribution in [0.15, 0.2) is 54.9 Å². The van der Waals surface area contributed by atoms with Crippen molar-refractivity contribution in [3.63, 3.8) is 0 Å². The molecule has 3 rings (SSSR count). The molecule has 0 saturated carbocycles. The van der Waals surface area contributed by atoms with E-state index in [9.17, 15) is 0 Å². The first-order valence-corrected chi connectivity index (χ1v) is 7.77. The van der Waals surface area contributed by atoms with Gasteiger partial charge < -0.3 is 5.32 Å². The molecule has 2 atom stereocenters. The summed E-state index contributed by atoms with van der Waals surface area (Å²) in [6, 6.07) is 15.8. The van der Waals surface area contributed by atoms with Crippen molar-refractivity contribution >= 4 is 0 Å². The Morgan fingerprint density at radius 3 is 2.81 bits per heavy atom. The third-order valence-corrected chi connectivity index (χ3v) is 4.35. The molecule has 0 spiro atoms. The highest BCUT2D eigenvalue weighted by atomic mass is 15.2. The molecule has 2 aromatic rings. The number of hydrogen-bond acceptors (Lipinski definition) is 3. The number of aromatic nitrogens is 1. The third-order valence-electron chi connectivity index (χ3n) is 4.35. The smallest absolute Gasteiger partial charge is 0.0449 e. The fourth-order valence-electron chi connectivity index (χ4n) is 3.04. The molecular weight excluding hydrogens is 258 g/mol. The average Bonchev–Trinajstić information content (AvgIpc) is 2.82. The second kappa shape index (κ2) is 6.83. The van der Waals surface area contributed by atoms with Crippen molar-refractivity contribution < 1.29 is 0 Å². The lowest BCUT2D eigenvalue weighted by molar-refractivity contribution is 0.207. The second-order valence-electron chi connectivity index (χ2n) is 5.73. The molecule has 0 aliphatic carbocycles. The van der Waals surface area contributed by atoms with E-state index in [-0.39, 0.29) is 0 Å². The van der Waals surface area contributed by atoms with E-state index in [4.69, 9.17) is 0 Å². The molecule has 1 aliphatic heterocycles. The predicted molar refractivity (Wildman–Crippen MR) is 86.0 cm³/mol. The molecule has 0 radical (unpaired) electrons. The van der Waals surface area contributed by atoms with Gasteiger partial charge in [-0.3, -0.25) is 9.88 Å². The van der Waals surface area contributed by atoms with Crippen LogP contribution in [0.3, 0.4) is 0 Å². The summed E-state index contributed by atoms with van der Waals surface area (Å²) in [5.74, 6) is 0. The van der Waals surface area contributed by atoms with Crippen LogP contribution in [0.2, 0.25) is 0 Å². The van der Waals surface area contributed by atoms with Crippen molar-refractivity contribution in [2.24, 2.45) is 0 Å². The van der Waals surface area contributed by atoms with Gasteiger partial charge in [0, 0.05) is 37.6 Å². The highest BCUT2D eigenvalue weighted by Crippen LogP contribution is 2.25. The van der Waals surface area contributed by atoms with Crippen LogP contribution in [0, 0.1) is 0 Å². The minimum atomic E-state index is 0.407. The molecule has 110 valence electrons. The van der Waals surface area contributed by atoms with Gasteiger partial charge in [-0.25, -0.2) is 0 Å². The van der Waals surface area contributed by atoms with E-state index in [1.165, 1.54) is 17.5 Å². The van der Waals surface area contributed by atoms with Gasteiger partial charge in [0.1, 0.15) is 0 Å². The van der Waals surface area contributed by atoms with Crippen LogP contribution in [-0.4, -0.2) is 29.5 Å². The summed E-state index contributed by atoms with van der Waals surface area (Å²) >= 11 is 0. The van der Waals surface area contributed by atoms with Crippen LogP contribution in [0.4, 0.5) is 0 Å². The minimum Gasteiger partial charge on any atom is -0.309 e. The number of benzene rings is 1. The third kappa shape index (κ3) is 3.49. The summed E-state index contributed by atoms with van der Waals surface area (Å²) in [5, 5.41) is 3.68. The Morgan fingerprint density at radius 1 is 1.19 bits per heavy atom. The lowest BCUT2D eigenvalue weighted by atomic mass is 10.0. The molecule has 1 N–H and O–H groups in total. The first-order chi connectivity index (χ1) is 10.3. The molecule has 1 saturated heterocycles. The monoisotopic (exact) mass is 281 g/mol. The van der Waals surface area contributed by atoms with Crippen molar-refractivity contribution in [3.8, 4) is 0 Å². The van der Waals surface area contributed by atoms with Crippen molar-refractivity contribution in [1.29, 1.82) is 0 Å². The summed E-state index contributed by atoms with van der Waals surface area (Å²) in [6.45, 7) is 5.53. The van der Waals surface area contributed by atoms with Gasteiger partial charge in [-0.05, 0) is 37.1 Å². The van der Waals surface area contributed by atoms with Gasteiger partial charge in [0.05, 0.1) is 0 Å². The first kappa shape index (κ1) is 14.2. The molecule has 1 fully saturated rings. The van der Waals surface area contributed by atoms with Crippen LogP contribution >= 0.6 is 0 Å². The van der Waals surface area contributed by atoms with E-state index in [2.05, 4.69) is 58.5 Å². The molecule has 2 heterocycles. The number of rotatable bonds is 3. The molecule has 3 nitrogen and oxygen atoms in total. The van der Waals surface area contributed by atoms with Crippen LogP contribution in [0.25, 0.3) is 0 Å². The minimum absolute atomic E-state index is 0.407. The Hall–Kier alpha value is -1.71. The summed E-state index contributed by atoms with van der Waals surface area (Å²) in [5.41, 5.74) is 2.67. The fraction of sp³-hybridized carbons (Fsp3) is 0.389. The second-order valence-corrected chi connectivity index (χ2v) is 5.73. The highest BCUT2D eigenvalue weighted by molar-refractivity contribution is 5.20. The average molecular weight is 281 g/mol. The van der Waals surface area contributed by atoms with Gasteiger partial charge in [-0.15, -0.1) is 0 Å². The van der Waals surface area contributed by atoms with Gasteiger partial charge in [0.2, 0.25) is 0 Å². The molecule has 21 heavy (non-hydrogen) atoms. The fourth-order valence-corrected chi connectivity index (χ4v) is 3.04. The Kier molecular flexibility index (Phi) is 4.63. The maximum Gasteiger partial charge on any atom is 0.0449 e. The van der Waals surface area contributed by atoms with Gasteiger partial charge in [-0.1, -0.05) is 36.4 Å². The predicted octanol–water partition coefficient (Wildman–Crippen LogP) is 3.18. The highest BCUT2D eigenvalue weighted by Gasteiger charge is 2.23. The Morgan fingerprint density at radius 2 is 2.05 bits per heavy atom. The SMILES string of the molecule is CC(c1cccnc1)N1CCCNC(c2ccccc2)C1. The van der Waals surface area contributed by atoms with E-state index in [0.717, 1.165) is 19.6 Å². The van der Waals surface area contributed by atoms with Gasteiger partial charge in [-0.2, -0.15) is 0 Å². The van der Waals surface area contributed by atoms with Gasteiger partial charge in [0.15, 0.2) is 0 Å². The van der Waals surface area contributed by atoms with Crippen molar-refractivity contribution in [3.05, 3.63) is 66.0 Å². The van der Waals surface area contributed by atoms with E-state index >= 15 is 0 Å². The number of nitrogens with zero attached hydrogens (tertiary/aromatic N) is 2. The molecule has 2 unspecified atom stereocenters. The zero-order valence-corrected chi connectivity index (χ0v) is 12.6. The summed E-state index contributed by atoms with van der Waals surface area (Å²) in [4.78, 5) is 6.82. The molecule has 3 heteroatoms. The number of nitrogens with one attached hydrogen (secondary N) is 1. The molecule has 0 bridgehead atoms. The van der Waals surface area contributed by atoms with Gasteiger partial charge in [0.25, 0.3) is 0 Å². The van der Waals surface area contributed by atoms with E-state index in [1.807, 2.05) is 18.5 Å². The zero-order valence-electron chi connectivity index (χ0n) is 12.6. The number of hydrogen-bond donors (Lipinski definition) is 1. The summed E-state index contributed by atoms with van der Waals surface area (Å²) in [6.07, 6.45) is 5.02. The Balaban J connectivity index is 1.76. The topological polar surface area (TPSA) is 28.2 Å². The van der Waals surface area contributed by atoms with Crippen LogP contribution in [0.1, 0.15) is 36.6 Å². The molecule has 1 aliphatic rings. The first-order valence-electron chi connectivity index (χ1n) is 7.77. The summed E-state index contributed by atoms with van der Waals surface area (Å²) < 4.78 is 0. The van der Waals surface area contributed by atoms with E-state index in [0.29, 0.717) is 12.1 Å². The van der Waals surface area contributed by atoms with Crippen molar-refractivity contribution in [2.45, 2.75) is 25.4 Å². The molecule has 1 aromatic carbocycles. The molecule has 1 aromatic heterocycles. The van der Waals surface area contributed by atoms with Crippen LogP contribution in [-0.2, 0) is 0 Å². The normalized spacial score (nSPS) is 21.7. The van der Waals surface area contributed by atoms with Crippen LogP contribution in [0.5, 0.6) is 0 Å². The molecule has 0 amide bonds. The Labute approximate surface area is 127 Å². The van der Waals surface area contributed by atoms with Gasteiger partial charge >= 0.3 is 0 Å². The van der Waals surface area contributed by atoms with E-state index in [1.54, 1.807) is 0 Å². The molecular formula is C18H23N3. The van der Waals surface area contributed by atoms with Crippen LogP contribution < -0.4 is 5.32 Å². The van der Waals surface area contributed by atoms with Crippen molar-refractivity contribution in [2.75, 3.05) is 19.6 Å². The van der Waals surface area contributed by atoms with E-state index < -0.39 is 0 Å². The lowest BCUT2D eigenvalue weighted by Gasteiger charge is -2.30. The lowest BCUT2D eigenvalue weighted by Crippen LogP contribution is -2.33. The largest absolute Gasteiger partial charge is 0.309 e. The standard InChI is InChI=1S/C18H23N3/c1-15(17-9-5-10-19-13-17)21-12-6-11-20-18(14-21)16-7-3-2-4-8-16/h2-5,7-10,13,15,18,20H,6,11-12,14H2,1H3.